The van der Waals surface area contributed by atoms with Crippen LogP contribution < -0.4 is 5.32 Å². The van der Waals surface area contributed by atoms with Crippen LogP contribution in [0.25, 0.3) is 0 Å². The van der Waals surface area contributed by atoms with Gasteiger partial charge in [-0.1, -0.05) is 6.08 Å². The van der Waals surface area contributed by atoms with Gasteiger partial charge in [0.1, 0.15) is 0 Å². The second-order valence-corrected chi connectivity index (χ2v) is 2.53. The molecule has 0 atom stereocenters. The first-order valence-electron chi connectivity index (χ1n) is 4.02. The first kappa shape index (κ1) is 8.27. The first-order valence-corrected chi connectivity index (χ1v) is 4.02. The molecule has 3 nitrogen and oxygen atoms in total. The van der Waals surface area contributed by atoms with E-state index in [2.05, 4.69) is 15.2 Å². The van der Waals surface area contributed by atoms with Gasteiger partial charge in [0, 0.05) is 32.4 Å². The van der Waals surface area contributed by atoms with E-state index < -0.39 is 0 Å². The molecule has 3 heteroatoms. The fourth-order valence-corrected chi connectivity index (χ4v) is 1.02. The molecule has 0 spiro atoms. The van der Waals surface area contributed by atoms with Crippen LogP contribution in [0.4, 0.5) is 0 Å². The average molecular weight is 153 g/mol. The van der Waals surface area contributed by atoms with Gasteiger partial charge < -0.3 is 10.2 Å². The third kappa shape index (κ3) is 3.18. The number of hydrogen-bond acceptors (Lipinski definition) is 2. The van der Waals surface area contributed by atoms with Crippen LogP contribution in [0.2, 0.25) is 0 Å². The van der Waals surface area contributed by atoms with Crippen LogP contribution >= 0.6 is 0 Å². The van der Waals surface area contributed by atoms with Crippen molar-refractivity contribution >= 4 is 6.34 Å². The minimum atomic E-state index is 1.07. The van der Waals surface area contributed by atoms with E-state index >= 15 is 0 Å². The second kappa shape index (κ2) is 4.91. The smallest absolute Gasteiger partial charge is 0.0905 e. The van der Waals surface area contributed by atoms with Crippen molar-refractivity contribution in [1.82, 2.24) is 10.2 Å². The molecule has 0 aliphatic carbocycles. The summed E-state index contributed by atoms with van der Waals surface area (Å²) in [7, 11) is 0. The molecular weight excluding hydrogens is 138 g/mol. The predicted octanol–water partition coefficient (Wildman–Crippen LogP) is 0.454. The summed E-state index contributed by atoms with van der Waals surface area (Å²) in [6, 6.07) is 0. The molecule has 1 N–H and O–H groups in total. The van der Waals surface area contributed by atoms with Crippen LogP contribution in [0.1, 0.15) is 6.92 Å². The van der Waals surface area contributed by atoms with Crippen molar-refractivity contribution in [2.75, 3.05) is 26.2 Å². The summed E-state index contributed by atoms with van der Waals surface area (Å²) in [5, 5.41) is 3.28. The van der Waals surface area contributed by atoms with Crippen LogP contribution in [0.5, 0.6) is 0 Å². The van der Waals surface area contributed by atoms with Gasteiger partial charge >= 0.3 is 0 Å². The van der Waals surface area contributed by atoms with Gasteiger partial charge in [-0.05, 0) is 6.92 Å². The van der Waals surface area contributed by atoms with E-state index in [9.17, 15) is 0 Å². The van der Waals surface area contributed by atoms with Gasteiger partial charge in [0.2, 0.25) is 0 Å². The number of hydrogen-bond donors (Lipinski definition) is 1. The number of nitrogens with one attached hydrogen (secondary N) is 1. The van der Waals surface area contributed by atoms with Crippen molar-refractivity contribution in [3.63, 3.8) is 0 Å². The predicted molar refractivity (Wildman–Crippen MR) is 47.7 cm³/mol. The van der Waals surface area contributed by atoms with Gasteiger partial charge in [-0.15, -0.1) is 0 Å². The molecule has 0 bridgehead atoms. The molecule has 0 radical (unpaired) electrons. The lowest BCUT2D eigenvalue weighted by Gasteiger charge is -2.24. The summed E-state index contributed by atoms with van der Waals surface area (Å²) < 4.78 is 0. The normalized spacial score (nSPS) is 20.3. The van der Waals surface area contributed by atoms with Crippen molar-refractivity contribution in [3.05, 3.63) is 12.3 Å². The molecule has 11 heavy (non-hydrogen) atoms. The van der Waals surface area contributed by atoms with Crippen LogP contribution in [-0.4, -0.2) is 37.4 Å². The lowest BCUT2D eigenvalue weighted by Crippen LogP contribution is -2.42. The molecule has 1 fully saturated rings. The maximum atomic E-state index is 4.11. The van der Waals surface area contributed by atoms with E-state index in [4.69, 9.17) is 0 Å². The van der Waals surface area contributed by atoms with E-state index in [1.54, 1.807) is 0 Å². The first-order chi connectivity index (χ1) is 5.43. The molecule has 1 rings (SSSR count). The molecule has 1 aliphatic rings. The topological polar surface area (TPSA) is 27.6 Å². The largest absolute Gasteiger partial charge is 0.360 e. The molecule has 1 aliphatic heterocycles. The zero-order valence-corrected chi connectivity index (χ0v) is 6.95. The fraction of sp³-hybridized carbons (Fsp3) is 0.625. The minimum Gasteiger partial charge on any atom is -0.360 e. The van der Waals surface area contributed by atoms with Crippen LogP contribution in [-0.2, 0) is 0 Å². The Bertz CT molecular complexity index is 145. The molecule has 0 aromatic carbocycles. The van der Waals surface area contributed by atoms with E-state index in [0.29, 0.717) is 0 Å². The number of piperazine rings is 1. The highest BCUT2D eigenvalue weighted by Gasteiger charge is 2.03. The van der Waals surface area contributed by atoms with Gasteiger partial charge in [0.25, 0.3) is 0 Å². The van der Waals surface area contributed by atoms with E-state index in [1.165, 1.54) is 0 Å². The molecule has 0 aromatic heterocycles. The highest BCUT2D eigenvalue weighted by Crippen LogP contribution is 1.87. The van der Waals surface area contributed by atoms with Gasteiger partial charge in [-0.2, -0.15) is 0 Å². The SMILES string of the molecule is C/C=C/N=CN1CCNCC1. The van der Waals surface area contributed by atoms with Gasteiger partial charge in [0.15, 0.2) is 0 Å². The molecule has 0 unspecified atom stereocenters. The molecule has 0 amide bonds. The molecule has 62 valence electrons. The highest BCUT2D eigenvalue weighted by atomic mass is 15.2. The molecule has 1 saturated heterocycles. The second-order valence-electron chi connectivity index (χ2n) is 2.53. The molecule has 0 aromatic rings. The van der Waals surface area contributed by atoms with Crippen LogP contribution in [0, 0.1) is 0 Å². The van der Waals surface area contributed by atoms with Gasteiger partial charge in [-0.3, -0.25) is 0 Å². The maximum absolute atomic E-state index is 4.11. The Morgan fingerprint density at radius 3 is 2.73 bits per heavy atom. The zero-order chi connectivity index (χ0) is 7.94. The summed E-state index contributed by atoms with van der Waals surface area (Å²) in [5.74, 6) is 0. The Balaban J connectivity index is 2.23. The Morgan fingerprint density at radius 2 is 2.09 bits per heavy atom. The van der Waals surface area contributed by atoms with Crippen LogP contribution in [0.3, 0.4) is 0 Å². The van der Waals surface area contributed by atoms with Crippen molar-refractivity contribution in [2.24, 2.45) is 4.99 Å². The van der Waals surface area contributed by atoms with Crippen molar-refractivity contribution < 1.29 is 0 Å². The molecule has 0 saturated carbocycles. The summed E-state index contributed by atoms with van der Waals surface area (Å²) in [6.07, 6.45) is 5.64. The fourth-order valence-electron chi connectivity index (χ4n) is 1.02. The Labute approximate surface area is 67.8 Å². The Hall–Kier alpha value is -0.830. The van der Waals surface area contributed by atoms with Crippen molar-refractivity contribution in [1.29, 1.82) is 0 Å². The van der Waals surface area contributed by atoms with E-state index in [0.717, 1.165) is 26.2 Å². The van der Waals surface area contributed by atoms with E-state index in [1.807, 2.05) is 25.5 Å². The highest BCUT2D eigenvalue weighted by molar-refractivity contribution is 5.55. The van der Waals surface area contributed by atoms with Gasteiger partial charge in [-0.25, -0.2) is 4.99 Å². The third-order valence-corrected chi connectivity index (χ3v) is 1.62. The maximum Gasteiger partial charge on any atom is 0.0905 e. The third-order valence-electron chi connectivity index (χ3n) is 1.62. The Kier molecular flexibility index (Phi) is 3.69. The van der Waals surface area contributed by atoms with Gasteiger partial charge in [0.05, 0.1) is 6.34 Å². The zero-order valence-electron chi connectivity index (χ0n) is 6.95. The number of aliphatic imine (C=N–C) groups is 1. The summed E-state index contributed by atoms with van der Waals surface area (Å²) in [6.45, 7) is 6.25. The molecule has 1 heterocycles. The number of rotatable bonds is 2. The van der Waals surface area contributed by atoms with Crippen LogP contribution in [0.15, 0.2) is 17.3 Å². The lowest BCUT2D eigenvalue weighted by atomic mass is 10.4. The van der Waals surface area contributed by atoms with Crippen molar-refractivity contribution in [3.8, 4) is 0 Å². The average Bonchev–Trinajstić information content (AvgIpc) is 2.07. The van der Waals surface area contributed by atoms with Crippen molar-refractivity contribution in [2.45, 2.75) is 6.92 Å². The summed E-state index contributed by atoms with van der Waals surface area (Å²) in [4.78, 5) is 6.32. The minimum absolute atomic E-state index is 1.07. The summed E-state index contributed by atoms with van der Waals surface area (Å²) in [5.41, 5.74) is 0. The number of nitrogens with zero attached hydrogens (tertiary/aromatic N) is 2. The summed E-state index contributed by atoms with van der Waals surface area (Å²) >= 11 is 0. The quantitative estimate of drug-likeness (QED) is 0.461. The standard InChI is InChI=1S/C8H15N3/c1-2-3-10-8-11-6-4-9-5-7-11/h2-3,8-9H,4-7H2,1H3/b3-2+,10-8?. The molecular formula is C8H15N3. The monoisotopic (exact) mass is 153 g/mol. The Morgan fingerprint density at radius 1 is 1.36 bits per heavy atom. The number of allylic oxidation sites excluding steroid dienone is 1. The van der Waals surface area contributed by atoms with E-state index in [-0.39, 0.29) is 0 Å². The lowest BCUT2D eigenvalue weighted by molar-refractivity contribution is 0.366.